The van der Waals surface area contributed by atoms with Gasteiger partial charge in [-0.2, -0.15) is 5.26 Å². The van der Waals surface area contributed by atoms with Crippen LogP contribution in [0.25, 0.3) is 0 Å². The van der Waals surface area contributed by atoms with E-state index in [0.717, 1.165) is 5.92 Å². The van der Waals surface area contributed by atoms with E-state index in [1.165, 1.54) is 63.4 Å². The van der Waals surface area contributed by atoms with Gasteiger partial charge in [0.25, 0.3) is 0 Å². The lowest BCUT2D eigenvalue weighted by molar-refractivity contribution is 0.302. The molecule has 1 aliphatic carbocycles. The molecule has 1 aromatic carbocycles. The number of nitrogens with zero attached hydrogens (tertiary/aromatic N) is 1. The molecular weight excluding hydrogens is 270 g/mol. The topological polar surface area (TPSA) is 33.0 Å². The maximum Gasteiger partial charge on any atom is 0.136 e. The second-order valence-corrected chi connectivity index (χ2v) is 6.64. The van der Waals surface area contributed by atoms with E-state index in [4.69, 9.17) is 4.74 Å². The number of benzene rings is 1. The SMILES string of the molecule is CCCCCCC1CCC(c2ccc(OC)c(C#N)c2)CC1. The van der Waals surface area contributed by atoms with E-state index in [0.29, 0.717) is 17.2 Å². The molecule has 0 amide bonds. The van der Waals surface area contributed by atoms with E-state index in [-0.39, 0.29) is 0 Å². The van der Waals surface area contributed by atoms with Crippen LogP contribution >= 0.6 is 0 Å². The molecule has 1 aliphatic rings. The van der Waals surface area contributed by atoms with Crippen LogP contribution in [-0.4, -0.2) is 7.11 Å². The van der Waals surface area contributed by atoms with Crippen molar-refractivity contribution in [1.82, 2.24) is 0 Å². The largest absolute Gasteiger partial charge is 0.495 e. The highest BCUT2D eigenvalue weighted by molar-refractivity contribution is 5.46. The van der Waals surface area contributed by atoms with E-state index in [2.05, 4.69) is 19.1 Å². The number of methoxy groups -OCH3 is 1. The fraction of sp³-hybridized carbons (Fsp3) is 0.650. The molecule has 1 fully saturated rings. The minimum Gasteiger partial charge on any atom is -0.495 e. The molecule has 0 N–H and O–H groups in total. The molecule has 0 aliphatic heterocycles. The van der Waals surface area contributed by atoms with Gasteiger partial charge in [-0.1, -0.05) is 45.1 Å². The van der Waals surface area contributed by atoms with Crippen molar-refractivity contribution in [2.45, 2.75) is 70.6 Å². The molecule has 0 aromatic heterocycles. The first kappa shape index (κ1) is 16.9. The fourth-order valence-corrected chi connectivity index (χ4v) is 3.71. The van der Waals surface area contributed by atoms with Crippen molar-refractivity contribution in [2.75, 3.05) is 7.11 Å². The third kappa shape index (κ3) is 4.50. The summed E-state index contributed by atoms with van der Waals surface area (Å²) >= 11 is 0. The first-order chi connectivity index (χ1) is 10.8. The summed E-state index contributed by atoms with van der Waals surface area (Å²) in [6.07, 6.45) is 12.2. The molecule has 1 saturated carbocycles. The Bertz CT molecular complexity index is 495. The highest BCUT2D eigenvalue weighted by atomic mass is 16.5. The molecule has 0 atom stereocenters. The van der Waals surface area contributed by atoms with Crippen molar-refractivity contribution < 1.29 is 4.74 Å². The van der Waals surface area contributed by atoms with Crippen LogP contribution in [-0.2, 0) is 0 Å². The van der Waals surface area contributed by atoms with E-state index in [1.807, 2.05) is 12.1 Å². The van der Waals surface area contributed by atoms with Gasteiger partial charge in [0.2, 0.25) is 0 Å². The van der Waals surface area contributed by atoms with Crippen LogP contribution in [0.4, 0.5) is 0 Å². The Kier molecular flexibility index (Phi) is 6.77. The van der Waals surface area contributed by atoms with E-state index >= 15 is 0 Å². The summed E-state index contributed by atoms with van der Waals surface area (Å²) in [5, 5.41) is 9.23. The normalized spacial score (nSPS) is 21.3. The molecule has 2 heteroatoms. The number of ether oxygens (including phenoxy) is 1. The van der Waals surface area contributed by atoms with Crippen LogP contribution in [0.5, 0.6) is 5.75 Å². The smallest absolute Gasteiger partial charge is 0.136 e. The van der Waals surface area contributed by atoms with Gasteiger partial charge in [0, 0.05) is 0 Å². The van der Waals surface area contributed by atoms with Gasteiger partial charge in [-0.15, -0.1) is 0 Å². The Morgan fingerprint density at radius 3 is 2.55 bits per heavy atom. The van der Waals surface area contributed by atoms with Crippen molar-refractivity contribution in [2.24, 2.45) is 5.92 Å². The quantitative estimate of drug-likeness (QED) is 0.595. The Morgan fingerprint density at radius 2 is 1.91 bits per heavy atom. The van der Waals surface area contributed by atoms with Crippen molar-refractivity contribution in [1.29, 1.82) is 5.26 Å². The summed E-state index contributed by atoms with van der Waals surface area (Å²) in [5.41, 5.74) is 1.99. The molecule has 0 unspecified atom stereocenters. The molecule has 0 heterocycles. The van der Waals surface area contributed by atoms with Crippen molar-refractivity contribution in [3.63, 3.8) is 0 Å². The van der Waals surface area contributed by atoms with Crippen molar-refractivity contribution in [3.8, 4) is 11.8 Å². The lowest BCUT2D eigenvalue weighted by Gasteiger charge is -2.29. The van der Waals surface area contributed by atoms with Crippen LogP contribution in [0.15, 0.2) is 18.2 Å². The van der Waals surface area contributed by atoms with Gasteiger partial charge in [0.15, 0.2) is 0 Å². The predicted molar refractivity (Wildman–Crippen MR) is 91.2 cm³/mol. The second-order valence-electron chi connectivity index (χ2n) is 6.64. The number of unbranched alkanes of at least 4 members (excludes halogenated alkanes) is 3. The summed E-state index contributed by atoms with van der Waals surface area (Å²) in [5.74, 6) is 2.25. The number of nitriles is 1. The summed E-state index contributed by atoms with van der Waals surface area (Å²) < 4.78 is 5.24. The molecule has 22 heavy (non-hydrogen) atoms. The maximum atomic E-state index is 9.23. The minimum atomic E-state index is 0.630. The predicted octanol–water partition coefficient (Wildman–Crippen LogP) is 5.81. The average molecular weight is 299 g/mol. The third-order valence-electron chi connectivity index (χ3n) is 5.13. The van der Waals surface area contributed by atoms with Gasteiger partial charge in [-0.25, -0.2) is 0 Å². The summed E-state index contributed by atoms with van der Waals surface area (Å²) in [6, 6.07) is 8.38. The van der Waals surface area contributed by atoms with Gasteiger partial charge in [-0.05, 0) is 55.2 Å². The molecule has 0 radical (unpaired) electrons. The summed E-state index contributed by atoms with van der Waals surface area (Å²) in [6.45, 7) is 2.27. The number of hydrogen-bond acceptors (Lipinski definition) is 2. The molecule has 2 rings (SSSR count). The van der Waals surface area contributed by atoms with Gasteiger partial charge in [-0.3, -0.25) is 0 Å². The van der Waals surface area contributed by atoms with Gasteiger partial charge < -0.3 is 4.74 Å². The highest BCUT2D eigenvalue weighted by Crippen LogP contribution is 2.38. The first-order valence-corrected chi connectivity index (χ1v) is 8.86. The van der Waals surface area contributed by atoms with E-state index < -0.39 is 0 Å². The zero-order chi connectivity index (χ0) is 15.8. The molecule has 0 spiro atoms. The third-order valence-corrected chi connectivity index (χ3v) is 5.13. The second kappa shape index (κ2) is 8.83. The minimum absolute atomic E-state index is 0.630. The van der Waals surface area contributed by atoms with Crippen LogP contribution in [0.3, 0.4) is 0 Å². The molecule has 2 nitrogen and oxygen atoms in total. The molecule has 1 aromatic rings. The summed E-state index contributed by atoms with van der Waals surface area (Å²) in [4.78, 5) is 0. The van der Waals surface area contributed by atoms with Gasteiger partial charge in [0.1, 0.15) is 11.8 Å². The van der Waals surface area contributed by atoms with Crippen molar-refractivity contribution in [3.05, 3.63) is 29.3 Å². The first-order valence-electron chi connectivity index (χ1n) is 8.86. The average Bonchev–Trinajstić information content (AvgIpc) is 2.58. The number of rotatable bonds is 7. The Hall–Kier alpha value is -1.49. The van der Waals surface area contributed by atoms with Crippen LogP contribution in [0.2, 0.25) is 0 Å². The Balaban J connectivity index is 1.85. The van der Waals surface area contributed by atoms with Crippen LogP contribution in [0.1, 0.15) is 81.8 Å². The van der Waals surface area contributed by atoms with Crippen molar-refractivity contribution >= 4 is 0 Å². The molecule has 0 bridgehead atoms. The fourth-order valence-electron chi connectivity index (χ4n) is 3.71. The highest BCUT2D eigenvalue weighted by Gasteiger charge is 2.22. The van der Waals surface area contributed by atoms with Crippen LogP contribution < -0.4 is 4.74 Å². The summed E-state index contributed by atoms with van der Waals surface area (Å²) in [7, 11) is 1.62. The monoisotopic (exact) mass is 299 g/mol. The number of hydrogen-bond donors (Lipinski definition) is 0. The van der Waals surface area contributed by atoms with Gasteiger partial charge in [0.05, 0.1) is 12.7 Å². The van der Waals surface area contributed by atoms with E-state index in [9.17, 15) is 5.26 Å². The molecular formula is C20H29NO. The zero-order valence-corrected chi connectivity index (χ0v) is 14.1. The zero-order valence-electron chi connectivity index (χ0n) is 14.1. The lowest BCUT2D eigenvalue weighted by atomic mass is 9.77. The molecule has 0 saturated heterocycles. The van der Waals surface area contributed by atoms with E-state index in [1.54, 1.807) is 7.11 Å². The lowest BCUT2D eigenvalue weighted by Crippen LogP contribution is -2.13. The van der Waals surface area contributed by atoms with Crippen LogP contribution in [0, 0.1) is 17.2 Å². The Labute approximate surface area is 135 Å². The molecule has 120 valence electrons. The maximum absolute atomic E-state index is 9.23. The standard InChI is InChI=1S/C20H29NO/c1-3-4-5-6-7-16-8-10-17(11-9-16)18-12-13-20(22-2)19(14-18)15-21/h12-14,16-17H,3-11H2,1-2H3. The Morgan fingerprint density at radius 1 is 1.14 bits per heavy atom. The van der Waals surface area contributed by atoms with Gasteiger partial charge >= 0.3 is 0 Å².